The van der Waals surface area contributed by atoms with Crippen molar-refractivity contribution in [2.45, 2.75) is 32.4 Å². The van der Waals surface area contributed by atoms with Gasteiger partial charge in [0.05, 0.1) is 42.0 Å². The summed E-state index contributed by atoms with van der Waals surface area (Å²) in [6, 6.07) is 6.61. The topological polar surface area (TPSA) is 93.9 Å². The molecule has 9 heteroatoms. The largest absolute Gasteiger partial charge is 0.383 e. The summed E-state index contributed by atoms with van der Waals surface area (Å²) in [5, 5.41) is 19.7. The number of H-pyrrole nitrogens is 1. The van der Waals surface area contributed by atoms with E-state index in [0.29, 0.717) is 19.2 Å². The second-order valence-electron chi connectivity index (χ2n) is 10.4. The number of aromatic amines is 1. The molecule has 190 valence electrons. The fraction of sp³-hybridized carbons (Fsp3) is 0.357. The minimum atomic E-state index is 0.0218. The zero-order chi connectivity index (χ0) is 25.7. The van der Waals surface area contributed by atoms with E-state index in [9.17, 15) is 4.79 Å². The third-order valence-corrected chi connectivity index (χ3v) is 7.82. The third kappa shape index (κ3) is 3.99. The van der Waals surface area contributed by atoms with Crippen molar-refractivity contribution in [2.75, 3.05) is 26.8 Å². The maximum Gasteiger partial charge on any atom is 0.245 e. The normalized spacial score (nSPS) is 17.4. The minimum Gasteiger partial charge on any atom is -0.383 e. The van der Waals surface area contributed by atoms with Crippen molar-refractivity contribution in [3.05, 3.63) is 65.1 Å². The molecule has 0 unspecified atom stereocenters. The molecule has 1 aliphatic carbocycles. The Morgan fingerprint density at radius 1 is 1.30 bits per heavy atom. The SMILES string of the molecule is C=CC(=O)N1CC2(CC(n3nc(-c4ccc5nn(CCOC)cc5c4)c(/C=c4\cn[nH]c4=C)c3C)C2)C1. The van der Waals surface area contributed by atoms with E-state index in [4.69, 9.17) is 9.84 Å². The van der Waals surface area contributed by atoms with Gasteiger partial charge in [-0.2, -0.15) is 15.3 Å². The molecule has 2 aliphatic rings. The molecule has 3 aromatic heterocycles. The number of rotatable bonds is 7. The monoisotopic (exact) mass is 497 g/mol. The first-order valence-electron chi connectivity index (χ1n) is 12.6. The van der Waals surface area contributed by atoms with E-state index < -0.39 is 0 Å². The Labute approximate surface area is 214 Å². The molecule has 0 bridgehead atoms. The molecule has 0 atom stereocenters. The van der Waals surface area contributed by atoms with Crippen LogP contribution in [0.5, 0.6) is 0 Å². The van der Waals surface area contributed by atoms with Crippen molar-refractivity contribution in [1.82, 2.24) is 34.7 Å². The molecular formula is C28H31N7O2. The van der Waals surface area contributed by atoms with Crippen molar-refractivity contribution in [3.63, 3.8) is 0 Å². The standard InChI is InChI=1S/C28H31N7O2/c1-5-26(36)33-16-28(17-33)12-23(13-28)35-19(3)24(11-21-14-29-30-18(21)2)27(32-35)20-6-7-25-22(10-20)15-34(31-25)8-9-37-4/h5-7,10-11,14-15,23,30H,1-2,8-9,12-13,16-17H2,3-4H3/b21-11+. The predicted octanol–water partition coefficient (Wildman–Crippen LogP) is 2.17. The molecule has 1 saturated carbocycles. The summed E-state index contributed by atoms with van der Waals surface area (Å²) in [5.74, 6) is 0.0218. The Morgan fingerprint density at radius 3 is 2.81 bits per heavy atom. The molecule has 1 saturated heterocycles. The van der Waals surface area contributed by atoms with Crippen LogP contribution in [0.3, 0.4) is 0 Å². The van der Waals surface area contributed by atoms with Crippen LogP contribution in [0.15, 0.2) is 43.2 Å². The van der Waals surface area contributed by atoms with Crippen molar-refractivity contribution in [3.8, 4) is 11.3 Å². The summed E-state index contributed by atoms with van der Waals surface area (Å²) in [6.45, 7) is 12.8. The van der Waals surface area contributed by atoms with E-state index in [1.807, 2.05) is 9.58 Å². The van der Waals surface area contributed by atoms with Crippen molar-refractivity contribution in [1.29, 1.82) is 0 Å². The van der Waals surface area contributed by atoms with E-state index >= 15 is 0 Å². The molecule has 1 spiro atoms. The van der Waals surface area contributed by atoms with Crippen LogP contribution in [-0.2, 0) is 16.1 Å². The summed E-state index contributed by atoms with van der Waals surface area (Å²) >= 11 is 0. The number of ether oxygens (including phenoxy) is 1. The number of aromatic nitrogens is 6. The van der Waals surface area contributed by atoms with E-state index in [1.54, 1.807) is 13.3 Å². The maximum atomic E-state index is 11.9. The van der Waals surface area contributed by atoms with Gasteiger partial charge in [0.25, 0.3) is 0 Å². The number of nitrogens with zero attached hydrogens (tertiary/aromatic N) is 6. The Balaban J connectivity index is 1.36. The fourth-order valence-corrected chi connectivity index (χ4v) is 5.82. The highest BCUT2D eigenvalue weighted by Gasteiger charge is 2.54. The molecule has 4 heterocycles. The zero-order valence-electron chi connectivity index (χ0n) is 21.3. The van der Waals surface area contributed by atoms with Crippen LogP contribution in [-0.4, -0.2) is 67.4 Å². The van der Waals surface area contributed by atoms with Gasteiger partial charge in [0.2, 0.25) is 5.91 Å². The van der Waals surface area contributed by atoms with Crippen molar-refractivity contribution in [2.24, 2.45) is 5.41 Å². The van der Waals surface area contributed by atoms with E-state index in [-0.39, 0.29) is 11.3 Å². The molecule has 6 rings (SSSR count). The number of fused-ring (bicyclic) bond motifs is 1. The van der Waals surface area contributed by atoms with Gasteiger partial charge >= 0.3 is 0 Å². The molecule has 37 heavy (non-hydrogen) atoms. The highest BCUT2D eigenvalue weighted by atomic mass is 16.5. The number of carbonyl (C=O) groups excluding carboxylic acids is 1. The van der Waals surface area contributed by atoms with Gasteiger partial charge in [-0.1, -0.05) is 19.2 Å². The van der Waals surface area contributed by atoms with Gasteiger partial charge in [0.15, 0.2) is 0 Å². The zero-order valence-corrected chi connectivity index (χ0v) is 21.3. The average molecular weight is 498 g/mol. The Morgan fingerprint density at radius 2 is 2.11 bits per heavy atom. The minimum absolute atomic E-state index is 0.0218. The Bertz CT molecular complexity index is 1610. The van der Waals surface area contributed by atoms with E-state index in [2.05, 4.69) is 70.5 Å². The quantitative estimate of drug-likeness (QED) is 0.395. The second-order valence-corrected chi connectivity index (χ2v) is 10.4. The lowest BCUT2D eigenvalue weighted by Gasteiger charge is -2.58. The Kier molecular flexibility index (Phi) is 5.60. The number of benzene rings is 1. The smallest absolute Gasteiger partial charge is 0.245 e. The first-order valence-corrected chi connectivity index (χ1v) is 12.6. The third-order valence-electron chi connectivity index (χ3n) is 7.82. The van der Waals surface area contributed by atoms with Crippen LogP contribution in [0.4, 0.5) is 0 Å². The maximum absolute atomic E-state index is 11.9. The summed E-state index contributed by atoms with van der Waals surface area (Å²) in [4.78, 5) is 13.8. The summed E-state index contributed by atoms with van der Waals surface area (Å²) in [5.41, 5.74) is 5.32. The number of nitrogens with one attached hydrogen (secondary N) is 1. The second kappa shape index (κ2) is 8.85. The first kappa shape index (κ1) is 23.4. The van der Waals surface area contributed by atoms with Crippen LogP contribution in [0.2, 0.25) is 0 Å². The number of likely N-dealkylation sites (tertiary alicyclic amines) is 1. The summed E-state index contributed by atoms with van der Waals surface area (Å²) in [6.07, 6.45) is 9.41. The molecule has 4 aromatic rings. The molecule has 1 aromatic carbocycles. The lowest BCUT2D eigenvalue weighted by atomic mass is 9.60. The van der Waals surface area contributed by atoms with Crippen molar-refractivity contribution >= 4 is 29.5 Å². The fourth-order valence-electron chi connectivity index (χ4n) is 5.82. The molecule has 0 radical (unpaired) electrons. The lowest BCUT2D eigenvalue weighted by molar-refractivity contribution is -0.149. The molecule has 1 aliphatic heterocycles. The van der Waals surface area contributed by atoms with Gasteiger partial charge in [-0.15, -0.1) is 0 Å². The van der Waals surface area contributed by atoms with Gasteiger partial charge < -0.3 is 9.64 Å². The molecule has 1 N–H and O–H groups in total. The van der Waals surface area contributed by atoms with Gasteiger partial charge in [0.1, 0.15) is 0 Å². The highest BCUT2D eigenvalue weighted by molar-refractivity contribution is 5.88. The van der Waals surface area contributed by atoms with Crippen LogP contribution in [0, 0.1) is 12.3 Å². The van der Waals surface area contributed by atoms with Gasteiger partial charge in [-0.05, 0) is 44.1 Å². The number of methoxy groups -OCH3 is 1. The summed E-state index contributed by atoms with van der Waals surface area (Å²) < 4.78 is 9.30. The van der Waals surface area contributed by atoms with Crippen LogP contribution in [0.25, 0.3) is 34.8 Å². The van der Waals surface area contributed by atoms with Gasteiger partial charge in [-0.3, -0.25) is 19.3 Å². The molecule has 1 amide bonds. The van der Waals surface area contributed by atoms with Crippen LogP contribution in [0.1, 0.15) is 30.1 Å². The first-order chi connectivity index (χ1) is 17.9. The number of amides is 1. The van der Waals surface area contributed by atoms with Gasteiger partial charge in [-0.25, -0.2) is 0 Å². The van der Waals surface area contributed by atoms with Crippen molar-refractivity contribution < 1.29 is 9.53 Å². The van der Waals surface area contributed by atoms with Crippen LogP contribution < -0.4 is 10.6 Å². The summed E-state index contributed by atoms with van der Waals surface area (Å²) in [7, 11) is 1.70. The number of carbonyl (C=O) groups is 1. The lowest BCUT2D eigenvalue weighted by Crippen LogP contribution is -2.63. The van der Waals surface area contributed by atoms with E-state index in [1.165, 1.54) is 6.08 Å². The molecule has 9 nitrogen and oxygen atoms in total. The predicted molar refractivity (Wildman–Crippen MR) is 142 cm³/mol. The molecular weight excluding hydrogens is 466 g/mol. The number of hydrogen-bond acceptors (Lipinski definition) is 5. The Hall–Kier alpha value is -3.98. The average Bonchev–Trinajstić information content (AvgIpc) is 3.53. The molecule has 2 fully saturated rings. The van der Waals surface area contributed by atoms with E-state index in [0.717, 1.165) is 69.9 Å². The van der Waals surface area contributed by atoms with Crippen LogP contribution >= 0.6 is 0 Å². The van der Waals surface area contributed by atoms with Gasteiger partial charge in [0, 0.05) is 59.2 Å². The highest BCUT2D eigenvalue weighted by Crippen LogP contribution is 2.54. The number of hydrogen-bond donors (Lipinski definition) is 1.